The predicted octanol–water partition coefficient (Wildman–Crippen LogP) is 5.14. The van der Waals surface area contributed by atoms with Crippen molar-refractivity contribution in [2.24, 2.45) is 16.8 Å². The quantitative estimate of drug-likeness (QED) is 0.369. The molecule has 7 nitrogen and oxygen atoms in total. The van der Waals surface area contributed by atoms with Crippen molar-refractivity contribution in [1.82, 2.24) is 19.2 Å². The highest BCUT2D eigenvalue weighted by atomic mass is 127. The van der Waals surface area contributed by atoms with Crippen LogP contribution in [-0.2, 0) is 17.5 Å². The second kappa shape index (κ2) is 11.1. The van der Waals surface area contributed by atoms with Gasteiger partial charge >= 0.3 is 11.9 Å². The van der Waals surface area contributed by atoms with E-state index in [4.69, 9.17) is 0 Å². The Morgan fingerprint density at radius 2 is 1.92 bits per heavy atom. The van der Waals surface area contributed by atoms with Crippen molar-refractivity contribution >= 4 is 34.1 Å². The van der Waals surface area contributed by atoms with E-state index in [0.29, 0.717) is 10.6 Å². The summed E-state index contributed by atoms with van der Waals surface area (Å²) in [6, 6.07) is 0.653. The first-order valence-electron chi connectivity index (χ1n) is 11.9. The van der Waals surface area contributed by atoms with Gasteiger partial charge < -0.3 is 4.98 Å². The lowest BCUT2D eigenvalue weighted by molar-refractivity contribution is -0.141. The lowest BCUT2D eigenvalue weighted by Crippen LogP contribution is -2.41. The van der Waals surface area contributed by atoms with Gasteiger partial charge in [-0.05, 0) is 56.4 Å². The zero-order valence-electron chi connectivity index (χ0n) is 20.5. The highest BCUT2D eigenvalue weighted by Crippen LogP contribution is 2.32. The number of carbonyl (C=O) groups excluding carboxylic acids is 1. The first kappa shape index (κ1) is 28.2. The summed E-state index contributed by atoms with van der Waals surface area (Å²) in [4.78, 5) is 33.0. The predicted molar refractivity (Wildman–Crippen MR) is 139 cm³/mol. The molecule has 0 aliphatic heterocycles. The Hall–Kier alpha value is -2.84. The SMILES string of the molecule is CC1CC(I)=CC=C(Cn2c(=O)n3nc(C(F)(F)F)cc3[nH]/c2=N\C(=O)C2=C/CC(F)C(F)C\C=C\2)C1C. The van der Waals surface area contributed by atoms with Crippen molar-refractivity contribution in [2.45, 2.75) is 58.2 Å². The van der Waals surface area contributed by atoms with Crippen molar-refractivity contribution in [2.75, 3.05) is 0 Å². The number of hydrogen-bond donors (Lipinski definition) is 1. The molecule has 4 rings (SSSR count). The Labute approximate surface area is 227 Å². The summed E-state index contributed by atoms with van der Waals surface area (Å²) >= 11 is 2.23. The van der Waals surface area contributed by atoms with Gasteiger partial charge in [-0.3, -0.25) is 9.36 Å². The van der Waals surface area contributed by atoms with Crippen LogP contribution in [0.5, 0.6) is 0 Å². The molecule has 1 N–H and O–H groups in total. The van der Waals surface area contributed by atoms with E-state index in [1.54, 1.807) is 0 Å². The molecule has 0 bridgehead atoms. The number of rotatable bonds is 3. The van der Waals surface area contributed by atoms with Crippen LogP contribution in [0.2, 0.25) is 0 Å². The maximum Gasteiger partial charge on any atom is 0.435 e. The Morgan fingerprint density at radius 1 is 1.21 bits per heavy atom. The third-order valence-corrected chi connectivity index (χ3v) is 7.55. The maximum absolute atomic E-state index is 13.9. The molecule has 13 heteroatoms. The van der Waals surface area contributed by atoms with E-state index in [0.717, 1.165) is 20.1 Å². The molecule has 0 fully saturated rings. The van der Waals surface area contributed by atoms with Gasteiger partial charge in [0.15, 0.2) is 5.69 Å². The van der Waals surface area contributed by atoms with E-state index in [9.17, 15) is 31.5 Å². The smallest absolute Gasteiger partial charge is 0.310 e. The first-order valence-corrected chi connectivity index (χ1v) is 13.0. The van der Waals surface area contributed by atoms with Crippen LogP contribution in [0.3, 0.4) is 0 Å². The molecule has 204 valence electrons. The van der Waals surface area contributed by atoms with Crippen LogP contribution in [0.25, 0.3) is 5.65 Å². The molecule has 0 radical (unpaired) electrons. The number of nitrogens with one attached hydrogen (secondary N) is 1. The van der Waals surface area contributed by atoms with E-state index >= 15 is 0 Å². The second-order valence-electron chi connectivity index (χ2n) is 9.45. The average molecular weight is 649 g/mol. The molecule has 0 saturated heterocycles. The number of allylic oxidation sites excluding steroid dienone is 6. The number of halogens is 6. The highest BCUT2D eigenvalue weighted by molar-refractivity contribution is 14.1. The van der Waals surface area contributed by atoms with Crippen LogP contribution >= 0.6 is 22.6 Å². The van der Waals surface area contributed by atoms with E-state index in [1.165, 1.54) is 18.2 Å². The van der Waals surface area contributed by atoms with Crippen molar-refractivity contribution in [1.29, 1.82) is 0 Å². The molecule has 38 heavy (non-hydrogen) atoms. The summed E-state index contributed by atoms with van der Waals surface area (Å²) in [5, 5.41) is 3.42. The molecule has 2 aromatic heterocycles. The van der Waals surface area contributed by atoms with Gasteiger partial charge in [0, 0.05) is 18.1 Å². The van der Waals surface area contributed by atoms with Crippen LogP contribution in [0.4, 0.5) is 22.0 Å². The number of H-pyrrole nitrogens is 1. The molecule has 4 atom stereocenters. The van der Waals surface area contributed by atoms with Gasteiger partial charge in [0.1, 0.15) is 18.0 Å². The fourth-order valence-electron chi connectivity index (χ4n) is 4.27. The van der Waals surface area contributed by atoms with Crippen LogP contribution in [0.1, 0.15) is 38.8 Å². The van der Waals surface area contributed by atoms with E-state index in [-0.39, 0.29) is 48.1 Å². The first-order chi connectivity index (χ1) is 17.8. The maximum atomic E-state index is 13.9. The van der Waals surface area contributed by atoms with Crippen molar-refractivity contribution in [3.63, 3.8) is 0 Å². The number of amides is 1. The molecule has 4 unspecified atom stereocenters. The van der Waals surface area contributed by atoms with Gasteiger partial charge in [0.25, 0.3) is 5.91 Å². The summed E-state index contributed by atoms with van der Waals surface area (Å²) in [5.41, 5.74) is -2.01. The summed E-state index contributed by atoms with van der Waals surface area (Å²) in [6.45, 7) is 3.98. The molecule has 2 aliphatic carbocycles. The van der Waals surface area contributed by atoms with Crippen molar-refractivity contribution < 1.29 is 26.7 Å². The van der Waals surface area contributed by atoms with E-state index in [2.05, 4.69) is 44.6 Å². The lowest BCUT2D eigenvalue weighted by atomic mass is 9.87. The minimum atomic E-state index is -4.80. The third-order valence-electron chi connectivity index (χ3n) is 6.75. The van der Waals surface area contributed by atoms with Crippen molar-refractivity contribution in [3.8, 4) is 0 Å². The fraction of sp³-hybridized carbons (Fsp3) is 0.440. The van der Waals surface area contributed by atoms with Gasteiger partial charge in [-0.25, -0.2) is 13.6 Å². The molecule has 2 heterocycles. The van der Waals surface area contributed by atoms with E-state index < -0.39 is 35.8 Å². The molecule has 0 aromatic carbocycles. The number of hydrogen-bond acceptors (Lipinski definition) is 3. The second-order valence-corrected chi connectivity index (χ2v) is 10.8. The van der Waals surface area contributed by atoms with Crippen molar-refractivity contribution in [3.05, 3.63) is 73.0 Å². The third kappa shape index (κ3) is 6.07. The van der Waals surface area contributed by atoms with Crippen LogP contribution in [0, 0.1) is 11.8 Å². The van der Waals surface area contributed by atoms with Gasteiger partial charge in [-0.15, -0.1) is 0 Å². The van der Waals surface area contributed by atoms with Gasteiger partial charge in [-0.2, -0.15) is 27.8 Å². The molecule has 0 spiro atoms. The Kier molecular flexibility index (Phi) is 8.23. The van der Waals surface area contributed by atoms with Crippen LogP contribution in [-0.4, -0.2) is 37.4 Å². The van der Waals surface area contributed by atoms with Gasteiger partial charge in [-0.1, -0.05) is 44.2 Å². The molecule has 0 saturated carbocycles. The monoisotopic (exact) mass is 649 g/mol. The van der Waals surface area contributed by atoms with E-state index in [1.807, 2.05) is 19.1 Å². The summed E-state index contributed by atoms with van der Waals surface area (Å²) in [6.07, 6.45) is -0.422. The normalized spacial score (nSPS) is 27.6. The number of fused-ring (bicyclic) bond motifs is 1. The average Bonchev–Trinajstić information content (AvgIpc) is 3.24. The Bertz CT molecular complexity index is 1490. The largest absolute Gasteiger partial charge is 0.435 e. The highest BCUT2D eigenvalue weighted by Gasteiger charge is 2.35. The molecular formula is C25H25F5IN5O2. The summed E-state index contributed by atoms with van der Waals surface area (Å²) in [7, 11) is 0. The molecule has 1 amide bonds. The fourth-order valence-corrected chi connectivity index (χ4v) is 5.14. The van der Waals surface area contributed by atoms with Gasteiger partial charge in [0.05, 0.1) is 6.54 Å². The number of aromatic amines is 1. The number of alkyl halides is 5. The zero-order valence-corrected chi connectivity index (χ0v) is 22.6. The zero-order chi connectivity index (χ0) is 27.8. The minimum absolute atomic E-state index is 0.0133. The van der Waals surface area contributed by atoms with Gasteiger partial charge in [0.2, 0.25) is 5.62 Å². The van der Waals surface area contributed by atoms with Crippen LogP contribution < -0.4 is 11.3 Å². The molecule has 2 aliphatic rings. The lowest BCUT2D eigenvalue weighted by Gasteiger charge is -2.21. The number of carbonyl (C=O) groups is 1. The molecule has 2 aromatic rings. The Morgan fingerprint density at radius 3 is 2.63 bits per heavy atom. The standard InChI is InChI=1S/C25H25F5IN5O2/c1-13-10-17(31)8-6-16(14(13)2)12-35-23(32-21-11-20(25(28,29)30)34-36(21)24(35)38)33-22(37)15-4-3-5-18(26)19(27)9-7-15/h3-4,6-8,11,13-14,18-19H,5,9-10,12H2,1-2H3,(H,32,33,37)/b4-3+,15-7+. The minimum Gasteiger partial charge on any atom is -0.310 e. The topological polar surface area (TPSA) is 84.5 Å². The summed E-state index contributed by atoms with van der Waals surface area (Å²) < 4.78 is 70.3. The molecular weight excluding hydrogens is 624 g/mol. The summed E-state index contributed by atoms with van der Waals surface area (Å²) in [5.74, 6) is -0.628. The number of aromatic nitrogens is 4. The van der Waals surface area contributed by atoms with Crippen LogP contribution in [0.15, 0.2) is 61.0 Å². The Balaban J connectivity index is 1.87. The number of nitrogens with zero attached hydrogens (tertiary/aromatic N) is 4.